The molecule has 19 heavy (non-hydrogen) atoms. The fourth-order valence-corrected chi connectivity index (χ4v) is 2.23. The molecule has 2 rings (SSSR count). The molecule has 0 aliphatic rings. The van der Waals surface area contributed by atoms with Gasteiger partial charge in [0.05, 0.1) is 17.6 Å². The summed E-state index contributed by atoms with van der Waals surface area (Å²) in [6.07, 6.45) is 5.69. The maximum absolute atomic E-state index is 11.7. The third-order valence-electron chi connectivity index (χ3n) is 2.77. The molecule has 0 bridgehead atoms. The molecule has 100 valence electrons. The van der Waals surface area contributed by atoms with E-state index in [4.69, 9.17) is 0 Å². The first-order valence-electron chi connectivity index (χ1n) is 6.02. The van der Waals surface area contributed by atoms with Crippen molar-refractivity contribution in [2.45, 2.75) is 6.54 Å². The Kier molecular flexibility index (Phi) is 4.63. The topological polar surface area (TPSA) is 38.1 Å². The van der Waals surface area contributed by atoms with Gasteiger partial charge in [0, 0.05) is 25.4 Å². The highest BCUT2D eigenvalue weighted by molar-refractivity contribution is 7.99. The highest BCUT2D eigenvalue weighted by Crippen LogP contribution is 2.09. The van der Waals surface area contributed by atoms with Gasteiger partial charge in [-0.25, -0.2) is 4.68 Å². The number of thioether (sulfide) groups is 1. The molecule has 2 aromatic rings. The number of nitrogens with zero attached hydrogens (tertiary/aromatic N) is 3. The Bertz CT molecular complexity index is 539. The van der Waals surface area contributed by atoms with Gasteiger partial charge in [-0.1, -0.05) is 18.2 Å². The van der Waals surface area contributed by atoms with Crippen molar-refractivity contribution in [1.29, 1.82) is 0 Å². The van der Waals surface area contributed by atoms with Crippen LogP contribution in [0, 0.1) is 0 Å². The lowest BCUT2D eigenvalue weighted by Crippen LogP contribution is -2.27. The Morgan fingerprint density at radius 3 is 2.79 bits per heavy atom. The fraction of sp³-hybridized carbons (Fsp3) is 0.286. The van der Waals surface area contributed by atoms with Gasteiger partial charge >= 0.3 is 0 Å². The molecule has 0 aliphatic heterocycles. The van der Waals surface area contributed by atoms with E-state index in [-0.39, 0.29) is 5.91 Å². The molecule has 1 amide bonds. The van der Waals surface area contributed by atoms with Gasteiger partial charge in [0.1, 0.15) is 0 Å². The predicted octanol–water partition coefficient (Wildman–Crippen LogP) is 2.19. The van der Waals surface area contributed by atoms with E-state index in [2.05, 4.69) is 5.10 Å². The Labute approximate surface area is 117 Å². The summed E-state index contributed by atoms with van der Waals surface area (Å²) in [7, 11) is 1.82. The maximum Gasteiger partial charge on any atom is 0.232 e. The molecule has 0 N–H and O–H groups in total. The van der Waals surface area contributed by atoms with Gasteiger partial charge in [-0.05, 0) is 18.4 Å². The van der Waals surface area contributed by atoms with Gasteiger partial charge in [0.15, 0.2) is 0 Å². The Hall–Kier alpha value is -1.75. The second kappa shape index (κ2) is 6.43. The van der Waals surface area contributed by atoms with E-state index >= 15 is 0 Å². The van der Waals surface area contributed by atoms with Crippen molar-refractivity contribution in [2.75, 3.05) is 19.1 Å². The summed E-state index contributed by atoms with van der Waals surface area (Å²) in [5.41, 5.74) is 2.05. The van der Waals surface area contributed by atoms with E-state index in [0.717, 1.165) is 11.3 Å². The molecule has 0 spiro atoms. The Morgan fingerprint density at radius 2 is 2.11 bits per heavy atom. The number of aromatic nitrogens is 2. The minimum absolute atomic E-state index is 0.139. The van der Waals surface area contributed by atoms with E-state index in [1.165, 1.54) is 11.8 Å². The number of para-hydroxylation sites is 1. The summed E-state index contributed by atoms with van der Waals surface area (Å²) in [6, 6.07) is 9.93. The van der Waals surface area contributed by atoms with Crippen LogP contribution in [-0.2, 0) is 11.3 Å². The first-order valence-corrected chi connectivity index (χ1v) is 7.42. The summed E-state index contributed by atoms with van der Waals surface area (Å²) < 4.78 is 1.82. The van der Waals surface area contributed by atoms with Crippen LogP contribution in [-0.4, -0.2) is 39.6 Å². The highest BCUT2D eigenvalue weighted by atomic mass is 32.2. The van der Waals surface area contributed by atoms with Gasteiger partial charge in [0.2, 0.25) is 5.91 Å². The summed E-state index contributed by atoms with van der Waals surface area (Å²) in [4.78, 5) is 13.4. The first kappa shape index (κ1) is 13.7. The lowest BCUT2D eigenvalue weighted by Gasteiger charge is -2.15. The van der Waals surface area contributed by atoms with Crippen molar-refractivity contribution < 1.29 is 4.79 Å². The predicted molar refractivity (Wildman–Crippen MR) is 78.4 cm³/mol. The summed E-state index contributed by atoms with van der Waals surface area (Å²) >= 11 is 1.54. The van der Waals surface area contributed by atoms with Crippen molar-refractivity contribution in [3.05, 3.63) is 48.3 Å². The molecule has 4 nitrogen and oxygen atoms in total. The van der Waals surface area contributed by atoms with Crippen LogP contribution in [0.5, 0.6) is 0 Å². The maximum atomic E-state index is 11.7. The Balaban J connectivity index is 2.04. The molecule has 1 heterocycles. The monoisotopic (exact) mass is 275 g/mol. The molecule has 0 saturated carbocycles. The van der Waals surface area contributed by atoms with Crippen LogP contribution in [0.25, 0.3) is 5.69 Å². The van der Waals surface area contributed by atoms with Crippen LogP contribution in [0.4, 0.5) is 0 Å². The van der Waals surface area contributed by atoms with Crippen LogP contribution in [0.2, 0.25) is 0 Å². The highest BCUT2D eigenvalue weighted by Gasteiger charge is 2.09. The normalized spacial score (nSPS) is 10.4. The van der Waals surface area contributed by atoms with Gasteiger partial charge < -0.3 is 4.90 Å². The standard InChI is InChI=1S/C14H17N3OS/c1-16(14(18)11-19-2)9-12-8-15-17(10-12)13-6-4-3-5-7-13/h3-8,10H,9,11H2,1-2H3. The molecule has 1 aromatic heterocycles. The van der Waals surface area contributed by atoms with Gasteiger partial charge in [-0.15, -0.1) is 0 Å². The summed E-state index contributed by atoms with van der Waals surface area (Å²) in [5, 5.41) is 4.32. The lowest BCUT2D eigenvalue weighted by molar-refractivity contribution is -0.127. The molecule has 0 saturated heterocycles. The quantitative estimate of drug-likeness (QED) is 0.839. The van der Waals surface area contributed by atoms with Crippen molar-refractivity contribution in [2.24, 2.45) is 0 Å². The molecule has 0 fully saturated rings. The van der Waals surface area contributed by atoms with Crippen molar-refractivity contribution in [3.8, 4) is 5.69 Å². The second-order valence-electron chi connectivity index (χ2n) is 4.31. The molecule has 5 heteroatoms. The van der Waals surface area contributed by atoms with E-state index in [9.17, 15) is 4.79 Å². The summed E-state index contributed by atoms with van der Waals surface area (Å²) in [5.74, 6) is 0.656. The SMILES string of the molecule is CSCC(=O)N(C)Cc1cnn(-c2ccccc2)c1. The number of hydrogen-bond donors (Lipinski definition) is 0. The minimum Gasteiger partial charge on any atom is -0.341 e. The largest absolute Gasteiger partial charge is 0.341 e. The molecule has 1 aromatic carbocycles. The molecular weight excluding hydrogens is 258 g/mol. The van der Waals surface area contributed by atoms with E-state index in [1.807, 2.05) is 54.5 Å². The number of rotatable bonds is 5. The summed E-state index contributed by atoms with van der Waals surface area (Å²) in [6.45, 7) is 0.590. The number of carbonyl (C=O) groups excluding carboxylic acids is 1. The van der Waals surface area contributed by atoms with Crippen LogP contribution in [0.3, 0.4) is 0 Å². The average molecular weight is 275 g/mol. The van der Waals surface area contributed by atoms with Crippen molar-refractivity contribution >= 4 is 17.7 Å². The third kappa shape index (κ3) is 3.61. The number of amides is 1. The minimum atomic E-state index is 0.139. The van der Waals surface area contributed by atoms with Crippen molar-refractivity contribution in [3.63, 3.8) is 0 Å². The number of carbonyl (C=O) groups is 1. The molecule has 0 atom stereocenters. The van der Waals surface area contributed by atoms with Gasteiger partial charge in [-0.3, -0.25) is 4.79 Å². The third-order valence-corrected chi connectivity index (χ3v) is 3.31. The number of hydrogen-bond acceptors (Lipinski definition) is 3. The van der Waals surface area contributed by atoms with Crippen LogP contribution >= 0.6 is 11.8 Å². The molecule has 0 aliphatic carbocycles. The van der Waals surface area contributed by atoms with Gasteiger partial charge in [0.25, 0.3) is 0 Å². The lowest BCUT2D eigenvalue weighted by atomic mass is 10.3. The molecule has 0 radical (unpaired) electrons. The van der Waals surface area contributed by atoms with Crippen LogP contribution < -0.4 is 0 Å². The van der Waals surface area contributed by atoms with E-state index < -0.39 is 0 Å². The van der Waals surface area contributed by atoms with Crippen LogP contribution in [0.1, 0.15) is 5.56 Å². The fourth-order valence-electron chi connectivity index (χ4n) is 1.76. The average Bonchev–Trinajstić information content (AvgIpc) is 2.88. The van der Waals surface area contributed by atoms with E-state index in [0.29, 0.717) is 12.3 Å². The molecule has 0 unspecified atom stereocenters. The first-order chi connectivity index (χ1) is 9.20. The number of benzene rings is 1. The smallest absolute Gasteiger partial charge is 0.232 e. The van der Waals surface area contributed by atoms with Crippen LogP contribution in [0.15, 0.2) is 42.7 Å². The van der Waals surface area contributed by atoms with Crippen molar-refractivity contribution in [1.82, 2.24) is 14.7 Å². The Morgan fingerprint density at radius 1 is 1.37 bits per heavy atom. The molecular formula is C14H17N3OS. The van der Waals surface area contributed by atoms with Gasteiger partial charge in [-0.2, -0.15) is 16.9 Å². The second-order valence-corrected chi connectivity index (χ2v) is 5.18. The zero-order valence-electron chi connectivity index (χ0n) is 11.1. The van der Waals surface area contributed by atoms with E-state index in [1.54, 1.807) is 11.1 Å². The zero-order valence-corrected chi connectivity index (χ0v) is 11.9. The zero-order chi connectivity index (χ0) is 13.7.